The number of nitriles is 1. The van der Waals surface area contributed by atoms with E-state index in [1.165, 1.54) is 11.8 Å². The van der Waals surface area contributed by atoms with Gasteiger partial charge in [-0.1, -0.05) is 48.2 Å². The van der Waals surface area contributed by atoms with E-state index in [2.05, 4.69) is 6.07 Å². The van der Waals surface area contributed by atoms with Gasteiger partial charge in [0.2, 0.25) is 0 Å². The highest BCUT2D eigenvalue weighted by Gasteiger charge is 2.15. The van der Waals surface area contributed by atoms with Gasteiger partial charge in [0.15, 0.2) is 0 Å². The van der Waals surface area contributed by atoms with E-state index < -0.39 is 0 Å². The monoisotopic (exact) mass is 333 g/mol. The van der Waals surface area contributed by atoms with Gasteiger partial charge in [0, 0.05) is 15.2 Å². The highest BCUT2D eigenvalue weighted by Crippen LogP contribution is 2.36. The molecule has 0 amide bonds. The van der Waals surface area contributed by atoms with E-state index in [1.807, 2.05) is 48.5 Å². The molecule has 0 radical (unpaired) electrons. The second-order valence-corrected chi connectivity index (χ2v) is 6.17. The Hall–Kier alpha value is -2.77. The molecule has 0 fully saturated rings. The van der Waals surface area contributed by atoms with Gasteiger partial charge in [0.25, 0.3) is 0 Å². The van der Waals surface area contributed by atoms with Crippen molar-refractivity contribution in [3.05, 3.63) is 71.8 Å². The second-order valence-electron chi connectivity index (χ2n) is 5.09. The Morgan fingerprint density at radius 2 is 1.75 bits per heavy atom. The Morgan fingerprint density at radius 1 is 1.04 bits per heavy atom. The normalized spacial score (nSPS) is 10.3. The summed E-state index contributed by atoms with van der Waals surface area (Å²) in [5.74, 6) is -0.329. The highest BCUT2D eigenvalue weighted by molar-refractivity contribution is 7.99. The molecule has 0 N–H and O–H groups in total. The fraction of sp³-hybridized carbons (Fsp3) is 0.100. The Kier molecular flexibility index (Phi) is 4.83. The van der Waals surface area contributed by atoms with Crippen LogP contribution in [-0.4, -0.2) is 12.6 Å². The van der Waals surface area contributed by atoms with E-state index in [1.54, 1.807) is 19.1 Å². The summed E-state index contributed by atoms with van der Waals surface area (Å²) in [6, 6.07) is 21.1. The summed E-state index contributed by atoms with van der Waals surface area (Å²) >= 11 is 1.49. The van der Waals surface area contributed by atoms with Gasteiger partial charge in [-0.3, -0.25) is 0 Å². The molecule has 24 heavy (non-hydrogen) atoms. The van der Waals surface area contributed by atoms with Crippen molar-refractivity contribution in [1.29, 1.82) is 5.26 Å². The zero-order valence-corrected chi connectivity index (χ0v) is 14.0. The van der Waals surface area contributed by atoms with Gasteiger partial charge in [0.1, 0.15) is 6.07 Å². The number of carbonyl (C=O) groups is 1. The third-order valence-electron chi connectivity index (χ3n) is 3.59. The van der Waals surface area contributed by atoms with Crippen molar-refractivity contribution in [2.45, 2.75) is 16.7 Å². The lowest BCUT2D eigenvalue weighted by Crippen LogP contribution is -2.05. The summed E-state index contributed by atoms with van der Waals surface area (Å²) in [6.07, 6.45) is 0. The van der Waals surface area contributed by atoms with Crippen molar-refractivity contribution in [1.82, 2.24) is 0 Å². The van der Waals surface area contributed by atoms with Gasteiger partial charge in [0.05, 0.1) is 17.7 Å². The first kappa shape index (κ1) is 16.1. The van der Waals surface area contributed by atoms with Crippen molar-refractivity contribution in [3.63, 3.8) is 0 Å². The lowest BCUT2D eigenvalue weighted by Gasteiger charge is -2.11. The summed E-state index contributed by atoms with van der Waals surface area (Å²) in [5, 5.41) is 11.1. The number of hydrogen-bond donors (Lipinski definition) is 0. The highest BCUT2D eigenvalue weighted by atomic mass is 32.2. The molecule has 4 heteroatoms. The number of fused-ring (bicyclic) bond motifs is 1. The molecule has 3 rings (SSSR count). The molecule has 0 aliphatic heterocycles. The van der Waals surface area contributed by atoms with Crippen LogP contribution in [-0.2, 0) is 4.74 Å². The van der Waals surface area contributed by atoms with E-state index in [0.29, 0.717) is 17.7 Å². The van der Waals surface area contributed by atoms with Crippen LogP contribution < -0.4 is 0 Å². The molecule has 0 bridgehead atoms. The number of hydrogen-bond acceptors (Lipinski definition) is 4. The maximum atomic E-state index is 12.3. The smallest absolute Gasteiger partial charge is 0.338 e. The molecule has 0 spiro atoms. The van der Waals surface area contributed by atoms with Crippen LogP contribution in [0.1, 0.15) is 22.8 Å². The molecule has 3 aromatic carbocycles. The minimum atomic E-state index is -0.329. The van der Waals surface area contributed by atoms with Crippen LogP contribution in [0, 0.1) is 11.3 Å². The average molecular weight is 333 g/mol. The Labute approximate surface area is 144 Å². The number of rotatable bonds is 4. The van der Waals surface area contributed by atoms with Crippen molar-refractivity contribution in [3.8, 4) is 6.07 Å². The molecule has 0 aliphatic rings. The largest absolute Gasteiger partial charge is 0.462 e. The Morgan fingerprint density at radius 3 is 2.50 bits per heavy atom. The van der Waals surface area contributed by atoms with E-state index in [4.69, 9.17) is 4.74 Å². The third kappa shape index (κ3) is 3.12. The van der Waals surface area contributed by atoms with Gasteiger partial charge in [-0.25, -0.2) is 4.79 Å². The van der Waals surface area contributed by atoms with Crippen molar-refractivity contribution in [2.75, 3.05) is 6.61 Å². The molecule has 118 valence electrons. The lowest BCUT2D eigenvalue weighted by molar-refractivity contribution is 0.0528. The average Bonchev–Trinajstić information content (AvgIpc) is 2.62. The predicted molar refractivity (Wildman–Crippen MR) is 95.2 cm³/mol. The van der Waals surface area contributed by atoms with Crippen molar-refractivity contribution >= 4 is 28.5 Å². The van der Waals surface area contributed by atoms with Gasteiger partial charge in [-0.2, -0.15) is 5.26 Å². The van der Waals surface area contributed by atoms with Crippen LogP contribution in [0.2, 0.25) is 0 Å². The first-order valence-corrected chi connectivity index (χ1v) is 8.42. The lowest BCUT2D eigenvalue weighted by atomic mass is 10.0. The summed E-state index contributed by atoms with van der Waals surface area (Å²) in [6.45, 7) is 2.13. The zero-order valence-electron chi connectivity index (χ0n) is 13.2. The number of nitrogens with zero attached hydrogens (tertiary/aromatic N) is 1. The zero-order chi connectivity index (χ0) is 16.9. The van der Waals surface area contributed by atoms with Crippen LogP contribution in [0.25, 0.3) is 10.8 Å². The molecule has 3 nitrogen and oxygen atoms in total. The molecule has 0 aromatic heterocycles. The molecule has 0 saturated heterocycles. The maximum Gasteiger partial charge on any atom is 0.338 e. The molecule has 3 aromatic rings. The number of esters is 1. The van der Waals surface area contributed by atoms with Gasteiger partial charge < -0.3 is 4.74 Å². The van der Waals surface area contributed by atoms with Crippen LogP contribution in [0.15, 0.2) is 70.5 Å². The fourth-order valence-corrected chi connectivity index (χ4v) is 3.62. The van der Waals surface area contributed by atoms with Gasteiger partial charge in [-0.15, -0.1) is 0 Å². The summed E-state index contributed by atoms with van der Waals surface area (Å²) < 4.78 is 5.19. The summed E-state index contributed by atoms with van der Waals surface area (Å²) in [7, 11) is 0. The van der Waals surface area contributed by atoms with E-state index in [-0.39, 0.29) is 5.97 Å². The minimum absolute atomic E-state index is 0.329. The van der Waals surface area contributed by atoms with Crippen LogP contribution in [0.3, 0.4) is 0 Å². The van der Waals surface area contributed by atoms with E-state index in [0.717, 1.165) is 20.6 Å². The predicted octanol–water partition coefficient (Wildman–Crippen LogP) is 5.04. The molecule has 0 aliphatic carbocycles. The molecule has 0 saturated carbocycles. The standard InChI is InChI=1S/C20H15NO2S/c1-2-23-20(22)16-10-5-8-14-9-6-12-18(19(14)16)24-17-11-4-3-7-15(17)13-21/h3-12H,2H2,1H3. The van der Waals surface area contributed by atoms with E-state index in [9.17, 15) is 10.1 Å². The van der Waals surface area contributed by atoms with Crippen LogP contribution >= 0.6 is 11.8 Å². The maximum absolute atomic E-state index is 12.3. The van der Waals surface area contributed by atoms with Crippen LogP contribution in [0.4, 0.5) is 0 Å². The summed E-state index contributed by atoms with van der Waals surface area (Å²) in [5.41, 5.74) is 1.17. The van der Waals surface area contributed by atoms with E-state index >= 15 is 0 Å². The van der Waals surface area contributed by atoms with Gasteiger partial charge >= 0.3 is 5.97 Å². The number of carbonyl (C=O) groups excluding carboxylic acids is 1. The molecule has 0 unspecified atom stereocenters. The minimum Gasteiger partial charge on any atom is -0.462 e. The third-order valence-corrected chi connectivity index (χ3v) is 4.73. The summed E-state index contributed by atoms with van der Waals surface area (Å²) in [4.78, 5) is 14.1. The fourth-order valence-electron chi connectivity index (χ4n) is 2.54. The van der Waals surface area contributed by atoms with Gasteiger partial charge in [-0.05, 0) is 36.6 Å². The first-order valence-electron chi connectivity index (χ1n) is 7.60. The number of benzene rings is 3. The Bertz CT molecular complexity index is 939. The molecule has 0 heterocycles. The number of ether oxygens (including phenoxy) is 1. The molecule has 0 atom stereocenters. The topological polar surface area (TPSA) is 50.1 Å². The molecular formula is C20H15NO2S. The molecular weight excluding hydrogens is 318 g/mol. The SMILES string of the molecule is CCOC(=O)c1cccc2cccc(Sc3ccccc3C#N)c12. The van der Waals surface area contributed by atoms with Crippen molar-refractivity contribution < 1.29 is 9.53 Å². The second kappa shape index (κ2) is 7.20. The Balaban J connectivity index is 2.15. The van der Waals surface area contributed by atoms with Crippen LogP contribution in [0.5, 0.6) is 0 Å². The quantitative estimate of drug-likeness (QED) is 0.628. The van der Waals surface area contributed by atoms with Crippen molar-refractivity contribution in [2.24, 2.45) is 0 Å². The first-order chi connectivity index (χ1) is 11.7.